The Kier molecular flexibility index (Phi) is 3.91. The fraction of sp³-hybridized carbons (Fsp3) is 0. The molecule has 6 nitrogen and oxygen atoms in total. The van der Waals surface area contributed by atoms with E-state index < -0.39 is 11.5 Å². The van der Waals surface area contributed by atoms with E-state index in [4.69, 9.17) is 40.7 Å². The molecule has 1 aromatic carbocycles. The molecule has 0 amide bonds. The number of amidine groups is 1. The van der Waals surface area contributed by atoms with Gasteiger partial charge in [0.05, 0.1) is 0 Å². The molecular formula is C9H2Cl2N4O2S2. The molecule has 1 aliphatic heterocycles. The largest absolute Gasteiger partial charge is 0.505 e. The van der Waals surface area contributed by atoms with Gasteiger partial charge in [0.15, 0.2) is 15.8 Å². The maximum absolute atomic E-state index is 9.84. The van der Waals surface area contributed by atoms with E-state index in [-0.39, 0.29) is 30.8 Å². The lowest BCUT2D eigenvalue weighted by Crippen LogP contribution is -1.87. The highest BCUT2D eigenvalue weighted by Gasteiger charge is 2.23. The summed E-state index contributed by atoms with van der Waals surface area (Å²) in [6.45, 7) is 0. The van der Waals surface area contributed by atoms with Gasteiger partial charge in [0.25, 0.3) is 0 Å². The van der Waals surface area contributed by atoms with Gasteiger partial charge in [-0.15, -0.1) is 10.2 Å². The molecule has 0 saturated carbocycles. The molecule has 0 saturated heterocycles. The highest BCUT2D eigenvalue weighted by atomic mass is 35.5. The molecule has 0 fully saturated rings. The first-order valence-electron chi connectivity index (χ1n) is 4.51. The average Bonchev–Trinajstić information content (AvgIpc) is 2.79. The minimum Gasteiger partial charge on any atom is -0.505 e. The van der Waals surface area contributed by atoms with Crippen LogP contribution in [0.15, 0.2) is 15.2 Å². The number of halogens is 2. The van der Waals surface area contributed by atoms with Crippen LogP contribution in [0.25, 0.3) is 0 Å². The summed E-state index contributed by atoms with van der Waals surface area (Å²) in [5, 5.41) is 35.2. The first-order valence-corrected chi connectivity index (χ1v) is 6.49. The standard InChI is InChI=1S/C9H2Cl2N4O2S2/c10-3-4(11)7(17)5(2(1-12)6(3)16)13-8-14-15-9(18)19-8/h16-17H. The Labute approximate surface area is 126 Å². The maximum atomic E-state index is 9.84. The zero-order valence-corrected chi connectivity index (χ0v) is 11.9. The molecule has 10 heteroatoms. The Bertz CT molecular complexity index is 697. The number of phenols is 2. The summed E-state index contributed by atoms with van der Waals surface area (Å²) >= 11 is 17.1. The normalized spacial score (nSPS) is 16.1. The predicted octanol–water partition coefficient (Wildman–Crippen LogP) is 3.75. The van der Waals surface area contributed by atoms with Crippen molar-refractivity contribution in [1.82, 2.24) is 0 Å². The number of aliphatic imine (C=N–C) groups is 1. The molecule has 2 N–H and O–H groups in total. The molecule has 0 atom stereocenters. The van der Waals surface area contributed by atoms with Crippen molar-refractivity contribution in [3.63, 3.8) is 0 Å². The van der Waals surface area contributed by atoms with Crippen molar-refractivity contribution < 1.29 is 10.2 Å². The highest BCUT2D eigenvalue weighted by molar-refractivity contribution is 8.33. The number of thiocarbonyl (C=S) groups is 1. The molecule has 0 spiro atoms. The van der Waals surface area contributed by atoms with Crippen molar-refractivity contribution in [2.24, 2.45) is 15.2 Å². The SMILES string of the molecule is N#Cc1c(O)c(Cl)c(Cl)c(O)c1N=C1N=NC(=S)S1. The van der Waals surface area contributed by atoms with Gasteiger partial charge in [0.1, 0.15) is 27.4 Å². The average molecular weight is 333 g/mol. The first-order chi connectivity index (χ1) is 8.95. The third kappa shape index (κ3) is 2.50. The third-order valence-corrected chi connectivity index (χ3v) is 3.80. The quantitative estimate of drug-likeness (QED) is 0.602. The Hall–Kier alpha value is -1.40. The molecule has 2 rings (SSSR count). The van der Waals surface area contributed by atoms with Gasteiger partial charge in [0.2, 0.25) is 5.17 Å². The van der Waals surface area contributed by atoms with Gasteiger partial charge < -0.3 is 10.2 Å². The summed E-state index contributed by atoms with van der Waals surface area (Å²) < 4.78 is 0.251. The van der Waals surface area contributed by atoms with Gasteiger partial charge in [0, 0.05) is 0 Å². The second-order valence-electron chi connectivity index (χ2n) is 3.12. The number of phenolic OH excluding ortho intramolecular Hbond substituents is 2. The third-order valence-electron chi connectivity index (χ3n) is 2.02. The lowest BCUT2D eigenvalue weighted by molar-refractivity contribution is 0.460. The molecule has 0 bridgehead atoms. The summed E-state index contributed by atoms with van der Waals surface area (Å²) in [7, 11) is 0. The van der Waals surface area contributed by atoms with Crippen molar-refractivity contribution in [1.29, 1.82) is 5.26 Å². The molecule has 0 aliphatic carbocycles. The Morgan fingerprint density at radius 1 is 1.21 bits per heavy atom. The van der Waals surface area contributed by atoms with Crippen molar-refractivity contribution in [2.75, 3.05) is 0 Å². The fourth-order valence-electron chi connectivity index (χ4n) is 1.21. The van der Waals surface area contributed by atoms with Gasteiger partial charge in [-0.2, -0.15) is 5.26 Å². The van der Waals surface area contributed by atoms with E-state index in [0.717, 1.165) is 11.8 Å². The number of benzene rings is 1. The Morgan fingerprint density at radius 3 is 2.37 bits per heavy atom. The lowest BCUT2D eigenvalue weighted by Gasteiger charge is -2.08. The van der Waals surface area contributed by atoms with Gasteiger partial charge in [-0.1, -0.05) is 23.2 Å². The van der Waals surface area contributed by atoms with Crippen molar-refractivity contribution in [2.45, 2.75) is 0 Å². The van der Waals surface area contributed by atoms with E-state index in [9.17, 15) is 10.2 Å². The van der Waals surface area contributed by atoms with Crippen LogP contribution in [0.5, 0.6) is 11.5 Å². The molecule has 1 aromatic rings. The molecule has 0 aromatic heterocycles. The van der Waals surface area contributed by atoms with E-state index in [1.54, 1.807) is 6.07 Å². The summed E-state index contributed by atoms with van der Waals surface area (Å²) in [6.07, 6.45) is 0. The zero-order chi connectivity index (χ0) is 14.2. The van der Waals surface area contributed by atoms with Gasteiger partial charge >= 0.3 is 0 Å². The van der Waals surface area contributed by atoms with Crippen LogP contribution < -0.4 is 0 Å². The molecule has 96 valence electrons. The van der Waals surface area contributed by atoms with Gasteiger partial charge in [-0.25, -0.2) is 4.99 Å². The van der Waals surface area contributed by atoms with Crippen LogP contribution in [0.2, 0.25) is 10.0 Å². The van der Waals surface area contributed by atoms with Crippen LogP contribution in [0.4, 0.5) is 5.69 Å². The van der Waals surface area contributed by atoms with Crippen LogP contribution >= 0.6 is 47.2 Å². The fourth-order valence-corrected chi connectivity index (χ4v) is 2.29. The predicted molar refractivity (Wildman–Crippen MR) is 76.6 cm³/mol. The van der Waals surface area contributed by atoms with Crippen molar-refractivity contribution >= 4 is 62.4 Å². The number of hydrogen-bond acceptors (Lipinski definition) is 6. The van der Waals surface area contributed by atoms with E-state index in [1.807, 2.05) is 0 Å². The van der Waals surface area contributed by atoms with E-state index in [0.29, 0.717) is 0 Å². The summed E-state index contributed by atoms with van der Waals surface area (Å²) in [4.78, 5) is 3.90. The maximum Gasteiger partial charge on any atom is 0.216 e. The topological polar surface area (TPSA) is 101 Å². The number of nitrogens with zero attached hydrogens (tertiary/aromatic N) is 4. The molecule has 0 unspecified atom stereocenters. The van der Waals surface area contributed by atoms with Crippen molar-refractivity contribution in [3.05, 3.63) is 15.6 Å². The summed E-state index contributed by atoms with van der Waals surface area (Å²) in [6, 6.07) is 1.68. The molecular weight excluding hydrogens is 331 g/mol. The van der Waals surface area contributed by atoms with Gasteiger partial charge in [-0.3, -0.25) is 0 Å². The van der Waals surface area contributed by atoms with Crippen LogP contribution in [0.3, 0.4) is 0 Å². The molecule has 1 aliphatic rings. The number of nitriles is 1. The number of azo groups is 1. The lowest BCUT2D eigenvalue weighted by atomic mass is 10.1. The van der Waals surface area contributed by atoms with Crippen LogP contribution in [0.1, 0.15) is 5.56 Å². The van der Waals surface area contributed by atoms with E-state index in [2.05, 4.69) is 15.2 Å². The Balaban J connectivity index is 2.67. The molecule has 0 radical (unpaired) electrons. The number of hydrogen-bond donors (Lipinski definition) is 2. The van der Waals surface area contributed by atoms with E-state index >= 15 is 0 Å². The number of thioether (sulfide) groups is 1. The van der Waals surface area contributed by atoms with Gasteiger partial charge in [-0.05, 0) is 24.0 Å². The van der Waals surface area contributed by atoms with Crippen molar-refractivity contribution in [3.8, 4) is 17.6 Å². The Morgan fingerprint density at radius 2 is 1.84 bits per heavy atom. The first kappa shape index (κ1) is 14.0. The molecule has 19 heavy (non-hydrogen) atoms. The van der Waals surface area contributed by atoms with Crippen LogP contribution in [-0.2, 0) is 0 Å². The van der Waals surface area contributed by atoms with Crippen LogP contribution in [-0.4, -0.2) is 19.7 Å². The second-order valence-corrected chi connectivity index (χ2v) is 5.48. The zero-order valence-electron chi connectivity index (χ0n) is 8.76. The summed E-state index contributed by atoms with van der Waals surface area (Å²) in [5.41, 5.74) is -0.548. The minimum atomic E-state index is -0.561. The smallest absolute Gasteiger partial charge is 0.216 e. The monoisotopic (exact) mass is 332 g/mol. The molecule has 1 heterocycles. The summed E-state index contributed by atoms with van der Waals surface area (Å²) in [5.74, 6) is -1.09. The highest BCUT2D eigenvalue weighted by Crippen LogP contribution is 2.48. The van der Waals surface area contributed by atoms with Crippen LogP contribution in [0, 0.1) is 11.3 Å². The second kappa shape index (κ2) is 5.30. The minimum absolute atomic E-state index is 0.120. The number of aromatic hydroxyl groups is 2. The number of rotatable bonds is 1. The van der Waals surface area contributed by atoms with E-state index in [1.165, 1.54) is 0 Å².